The molecule has 1 aliphatic carbocycles. The molecule has 7 heteroatoms. The highest BCUT2D eigenvalue weighted by molar-refractivity contribution is 7.90. The summed E-state index contributed by atoms with van der Waals surface area (Å²) in [5.41, 5.74) is 3.90. The second-order valence-electron chi connectivity index (χ2n) is 13.7. The molecule has 0 saturated carbocycles. The van der Waals surface area contributed by atoms with Crippen molar-refractivity contribution < 1.29 is 17.6 Å². The molecular weight excluding hydrogens is 571 g/mol. The van der Waals surface area contributed by atoms with Gasteiger partial charge in [0.05, 0.1) is 16.9 Å². The van der Waals surface area contributed by atoms with Crippen LogP contribution in [0.2, 0.25) is 16.6 Å². The van der Waals surface area contributed by atoms with Gasteiger partial charge in [0.1, 0.15) is 5.69 Å². The number of unbranched alkanes of at least 4 members (excludes halogenated alkanes) is 1. The summed E-state index contributed by atoms with van der Waals surface area (Å²) in [4.78, 5) is 15.0. The van der Waals surface area contributed by atoms with Crippen molar-refractivity contribution >= 4 is 24.1 Å². The Labute approximate surface area is 263 Å². The number of ketones is 1. The minimum absolute atomic E-state index is 0.1000. The Kier molecular flexibility index (Phi) is 11.7. The second kappa shape index (κ2) is 14.3. The average Bonchev–Trinajstić information content (AvgIpc) is 3.43. The third-order valence-electron chi connectivity index (χ3n) is 9.58. The van der Waals surface area contributed by atoms with Gasteiger partial charge < -0.3 is 4.43 Å². The van der Waals surface area contributed by atoms with Crippen LogP contribution in [0.1, 0.15) is 114 Å². The molecule has 0 saturated heterocycles. The summed E-state index contributed by atoms with van der Waals surface area (Å²) in [5, 5.41) is 0. The highest BCUT2D eigenvalue weighted by Gasteiger charge is 2.53. The molecule has 238 valence electrons. The molecule has 1 aromatic carbocycles. The zero-order valence-electron chi connectivity index (χ0n) is 28.0. The molecular formula is C36H55NO4SSi. The fourth-order valence-electron chi connectivity index (χ4n) is 7.71. The predicted molar refractivity (Wildman–Crippen MR) is 182 cm³/mol. The number of fused-ring (bicyclic) bond motifs is 1. The van der Waals surface area contributed by atoms with Crippen molar-refractivity contribution in [1.29, 1.82) is 0 Å². The fourth-order valence-corrected chi connectivity index (χ4v) is 14.9. The van der Waals surface area contributed by atoms with E-state index in [0.717, 1.165) is 30.4 Å². The standard InChI is InChI=1S/C36H55NO4SSi/c1-12-14-16-18-32(41-43(25(5)6,26(7)8)27(9)10)34-33(24(3)4)31-23-29(17-15-13-2)37(35(31)36(34)38)42(39,40)30-21-19-28(11)20-22-30/h12-13,19-27,32-34H,1-2,14-18H2,3-11H3/t32?,33-,34+/m0/s1. The zero-order valence-corrected chi connectivity index (χ0v) is 29.8. The molecule has 3 atom stereocenters. The maximum atomic E-state index is 14.8. The number of aromatic nitrogens is 1. The topological polar surface area (TPSA) is 65.4 Å². The predicted octanol–water partition coefficient (Wildman–Crippen LogP) is 9.62. The third kappa shape index (κ3) is 6.74. The van der Waals surface area contributed by atoms with Gasteiger partial charge in [0.25, 0.3) is 10.0 Å². The number of aryl methyl sites for hydroxylation is 2. The van der Waals surface area contributed by atoms with E-state index in [-0.39, 0.29) is 28.6 Å². The van der Waals surface area contributed by atoms with Crippen LogP contribution < -0.4 is 0 Å². The maximum Gasteiger partial charge on any atom is 0.268 e. The number of hydrogen-bond donors (Lipinski definition) is 0. The number of carbonyl (C=O) groups excluding carboxylic acids is 1. The first-order valence-corrected chi connectivity index (χ1v) is 19.7. The minimum atomic E-state index is -4.01. The van der Waals surface area contributed by atoms with Crippen LogP contribution in [0.25, 0.3) is 0 Å². The van der Waals surface area contributed by atoms with Gasteiger partial charge in [0, 0.05) is 11.6 Å². The van der Waals surface area contributed by atoms with Crippen molar-refractivity contribution in [2.45, 2.75) is 128 Å². The van der Waals surface area contributed by atoms with Gasteiger partial charge in [-0.15, -0.1) is 13.2 Å². The molecule has 0 amide bonds. The first-order valence-electron chi connectivity index (χ1n) is 16.2. The van der Waals surface area contributed by atoms with E-state index < -0.39 is 24.3 Å². The van der Waals surface area contributed by atoms with E-state index in [0.29, 0.717) is 40.9 Å². The van der Waals surface area contributed by atoms with Gasteiger partial charge in [0.2, 0.25) is 8.32 Å². The number of nitrogens with zero attached hydrogens (tertiary/aromatic N) is 1. The Balaban J connectivity index is 2.26. The molecule has 0 radical (unpaired) electrons. The number of Topliss-reactive ketones (excluding diaryl/α,β-unsaturated/α-hetero) is 1. The van der Waals surface area contributed by atoms with Gasteiger partial charge in [-0.05, 0) is 85.3 Å². The molecule has 43 heavy (non-hydrogen) atoms. The van der Waals surface area contributed by atoms with Crippen molar-refractivity contribution in [2.24, 2.45) is 11.8 Å². The van der Waals surface area contributed by atoms with Crippen LogP contribution in [-0.2, 0) is 20.9 Å². The number of allylic oxidation sites excluding steroid dienone is 2. The molecule has 0 N–H and O–H groups in total. The Hall–Kier alpha value is -2.22. The molecule has 0 spiro atoms. The lowest BCUT2D eigenvalue weighted by atomic mass is 9.79. The normalized spacial score (nSPS) is 18.2. The van der Waals surface area contributed by atoms with Crippen molar-refractivity contribution in [1.82, 2.24) is 3.97 Å². The summed E-state index contributed by atoms with van der Waals surface area (Å²) in [6, 6.07) is 8.88. The number of carbonyl (C=O) groups is 1. The second-order valence-corrected chi connectivity index (χ2v) is 20.9. The molecule has 1 unspecified atom stereocenters. The summed E-state index contributed by atoms with van der Waals surface area (Å²) in [6.45, 7) is 27.6. The number of benzene rings is 1. The van der Waals surface area contributed by atoms with Crippen LogP contribution in [0.3, 0.4) is 0 Å². The lowest BCUT2D eigenvalue weighted by Gasteiger charge is -2.46. The van der Waals surface area contributed by atoms with Crippen LogP contribution in [0, 0.1) is 18.8 Å². The molecule has 2 aromatic rings. The maximum absolute atomic E-state index is 14.8. The average molecular weight is 626 g/mol. The van der Waals surface area contributed by atoms with Crippen LogP contribution in [-0.4, -0.2) is 32.6 Å². The van der Waals surface area contributed by atoms with Gasteiger partial charge in [-0.2, -0.15) is 0 Å². The summed E-state index contributed by atoms with van der Waals surface area (Å²) >= 11 is 0. The van der Waals surface area contributed by atoms with E-state index in [1.807, 2.05) is 19.1 Å². The highest BCUT2D eigenvalue weighted by atomic mass is 32.2. The van der Waals surface area contributed by atoms with E-state index in [9.17, 15) is 13.2 Å². The van der Waals surface area contributed by atoms with Crippen molar-refractivity contribution in [3.63, 3.8) is 0 Å². The first-order chi connectivity index (χ1) is 20.2. The van der Waals surface area contributed by atoms with Crippen LogP contribution in [0.5, 0.6) is 0 Å². The Bertz CT molecular complexity index is 1360. The molecule has 0 aliphatic heterocycles. The molecule has 0 fully saturated rings. The van der Waals surface area contributed by atoms with Gasteiger partial charge in [0.15, 0.2) is 5.78 Å². The highest BCUT2D eigenvalue weighted by Crippen LogP contribution is 2.51. The summed E-state index contributed by atoms with van der Waals surface area (Å²) < 4.78 is 37.4. The molecule has 1 aliphatic rings. The number of rotatable bonds is 16. The number of hydrogen-bond acceptors (Lipinski definition) is 4. The van der Waals surface area contributed by atoms with E-state index in [2.05, 4.69) is 68.5 Å². The van der Waals surface area contributed by atoms with E-state index in [4.69, 9.17) is 4.43 Å². The lowest BCUT2D eigenvalue weighted by Crippen LogP contribution is -2.52. The third-order valence-corrected chi connectivity index (χ3v) is 17.5. The van der Waals surface area contributed by atoms with Crippen LogP contribution in [0.4, 0.5) is 0 Å². The van der Waals surface area contributed by atoms with Gasteiger partial charge in [-0.3, -0.25) is 4.79 Å². The Morgan fingerprint density at radius 3 is 1.95 bits per heavy atom. The largest absolute Gasteiger partial charge is 0.412 e. The van der Waals surface area contributed by atoms with Gasteiger partial charge in [-0.1, -0.05) is 85.2 Å². The van der Waals surface area contributed by atoms with Crippen molar-refractivity contribution in [3.05, 3.63) is 78.2 Å². The molecule has 1 aromatic heterocycles. The van der Waals surface area contributed by atoms with E-state index in [1.165, 1.54) is 3.97 Å². The minimum Gasteiger partial charge on any atom is -0.412 e. The molecule has 1 heterocycles. The SMILES string of the molecule is C=CCCCC(O[Si](C(C)C)(C(C)C)C(C)C)[C@H]1C(=O)c2c(cc(CCC=C)n2S(=O)(=O)c2ccc(C)cc2)[C@@H]1C(C)C. The zero-order chi connectivity index (χ0) is 32.3. The summed E-state index contributed by atoms with van der Waals surface area (Å²) in [6.07, 6.45) is 7.00. The monoisotopic (exact) mass is 625 g/mol. The quantitative estimate of drug-likeness (QED) is 0.106. The summed E-state index contributed by atoms with van der Waals surface area (Å²) in [5.74, 6) is -0.548. The summed E-state index contributed by atoms with van der Waals surface area (Å²) in [7, 11) is -6.36. The van der Waals surface area contributed by atoms with Crippen LogP contribution in [0.15, 0.2) is 60.5 Å². The molecule has 5 nitrogen and oxygen atoms in total. The van der Waals surface area contributed by atoms with Gasteiger partial charge in [-0.25, -0.2) is 12.4 Å². The first kappa shape index (κ1) is 35.3. The fraction of sp³-hybridized carbons (Fsp3) is 0.583. The van der Waals surface area contributed by atoms with Gasteiger partial charge >= 0.3 is 0 Å². The van der Waals surface area contributed by atoms with Crippen LogP contribution >= 0.6 is 0 Å². The van der Waals surface area contributed by atoms with E-state index in [1.54, 1.807) is 30.3 Å². The molecule has 3 rings (SSSR count). The smallest absolute Gasteiger partial charge is 0.268 e. The van der Waals surface area contributed by atoms with Crippen molar-refractivity contribution in [2.75, 3.05) is 0 Å². The Morgan fingerprint density at radius 2 is 1.47 bits per heavy atom. The Morgan fingerprint density at radius 1 is 0.907 bits per heavy atom. The van der Waals surface area contributed by atoms with E-state index >= 15 is 0 Å². The lowest BCUT2D eigenvalue weighted by molar-refractivity contribution is 0.0594. The van der Waals surface area contributed by atoms with Crippen molar-refractivity contribution in [3.8, 4) is 0 Å². The molecule has 0 bridgehead atoms.